The number of carbonyl (C=O) groups is 1. The van der Waals surface area contributed by atoms with Gasteiger partial charge >= 0.3 is 0 Å². The van der Waals surface area contributed by atoms with Crippen LogP contribution in [0.15, 0.2) is 18.2 Å². The Hall–Kier alpha value is -1.66. The van der Waals surface area contributed by atoms with Crippen LogP contribution in [0.3, 0.4) is 0 Å². The molecule has 0 radical (unpaired) electrons. The van der Waals surface area contributed by atoms with Crippen molar-refractivity contribution in [2.24, 2.45) is 0 Å². The standard InChI is InChI=1S/C13H17ClN2O4/c1-13(2,18)8-15(3)12(17)6-9-4-5-10(16(19)20)7-11(9)14/h4-5,7,18H,6,8H2,1-3H3. The summed E-state index contributed by atoms with van der Waals surface area (Å²) in [5.74, 6) is -0.220. The number of benzene rings is 1. The minimum Gasteiger partial charge on any atom is -0.389 e. The van der Waals surface area contributed by atoms with Crippen molar-refractivity contribution >= 4 is 23.2 Å². The molecule has 1 aromatic carbocycles. The van der Waals surface area contributed by atoms with Crippen molar-refractivity contribution in [2.75, 3.05) is 13.6 Å². The van der Waals surface area contributed by atoms with Crippen LogP contribution >= 0.6 is 11.6 Å². The lowest BCUT2D eigenvalue weighted by molar-refractivity contribution is -0.384. The molecular formula is C13H17ClN2O4. The summed E-state index contributed by atoms with van der Waals surface area (Å²) in [7, 11) is 1.58. The van der Waals surface area contributed by atoms with Gasteiger partial charge in [-0.25, -0.2) is 0 Å². The third kappa shape index (κ3) is 4.79. The zero-order valence-corrected chi connectivity index (χ0v) is 12.3. The highest BCUT2D eigenvalue weighted by molar-refractivity contribution is 6.31. The van der Waals surface area contributed by atoms with Crippen LogP contribution in [0.1, 0.15) is 19.4 Å². The Morgan fingerprint density at radius 1 is 1.50 bits per heavy atom. The zero-order chi connectivity index (χ0) is 15.5. The average molecular weight is 301 g/mol. The summed E-state index contributed by atoms with van der Waals surface area (Å²) in [6.45, 7) is 3.40. The molecule has 0 fully saturated rings. The van der Waals surface area contributed by atoms with Crippen LogP contribution in [0.4, 0.5) is 5.69 Å². The molecule has 1 aromatic rings. The first kappa shape index (κ1) is 16.4. The number of nitrogens with zero attached hydrogens (tertiary/aromatic N) is 2. The van der Waals surface area contributed by atoms with E-state index in [2.05, 4.69) is 0 Å². The number of non-ortho nitro benzene ring substituents is 1. The molecule has 0 aliphatic heterocycles. The maximum Gasteiger partial charge on any atom is 0.270 e. The third-order valence-electron chi connectivity index (χ3n) is 2.64. The lowest BCUT2D eigenvalue weighted by atomic mass is 10.1. The van der Waals surface area contributed by atoms with E-state index in [0.717, 1.165) is 0 Å². The Morgan fingerprint density at radius 3 is 2.55 bits per heavy atom. The second-order valence-corrected chi connectivity index (χ2v) is 5.68. The molecule has 0 saturated carbocycles. The van der Waals surface area contributed by atoms with Gasteiger partial charge in [-0.3, -0.25) is 14.9 Å². The fourth-order valence-corrected chi connectivity index (χ4v) is 2.00. The summed E-state index contributed by atoms with van der Waals surface area (Å²) >= 11 is 5.93. The Balaban J connectivity index is 2.78. The quantitative estimate of drug-likeness (QED) is 0.666. The molecule has 1 rings (SSSR count). The van der Waals surface area contributed by atoms with E-state index in [1.807, 2.05) is 0 Å². The summed E-state index contributed by atoms with van der Waals surface area (Å²) in [5.41, 5.74) is -0.579. The monoisotopic (exact) mass is 300 g/mol. The number of nitro benzene ring substituents is 1. The summed E-state index contributed by atoms with van der Waals surface area (Å²) in [6.07, 6.45) is 0.0312. The molecule has 6 nitrogen and oxygen atoms in total. The Morgan fingerprint density at radius 2 is 2.10 bits per heavy atom. The molecular weight excluding hydrogens is 284 g/mol. The minimum absolute atomic E-state index is 0.0312. The number of aliphatic hydroxyl groups is 1. The molecule has 0 heterocycles. The summed E-state index contributed by atoms with van der Waals surface area (Å²) in [6, 6.07) is 4.00. The highest BCUT2D eigenvalue weighted by Crippen LogP contribution is 2.23. The van der Waals surface area contributed by atoms with Gasteiger partial charge in [0.25, 0.3) is 5.69 Å². The van der Waals surface area contributed by atoms with Gasteiger partial charge in [0.1, 0.15) is 0 Å². The molecule has 0 bridgehead atoms. The molecule has 0 spiro atoms. The van der Waals surface area contributed by atoms with Crippen LogP contribution < -0.4 is 0 Å². The number of hydrogen-bond donors (Lipinski definition) is 1. The van der Waals surface area contributed by atoms with E-state index in [0.29, 0.717) is 5.56 Å². The first-order valence-electron chi connectivity index (χ1n) is 5.99. The number of likely N-dealkylation sites (N-methyl/N-ethyl adjacent to an activating group) is 1. The number of hydrogen-bond acceptors (Lipinski definition) is 4. The molecule has 0 aliphatic rings. The summed E-state index contributed by atoms with van der Waals surface area (Å²) < 4.78 is 0. The molecule has 0 saturated heterocycles. The molecule has 0 aromatic heterocycles. The minimum atomic E-state index is -0.982. The molecule has 110 valence electrons. The smallest absolute Gasteiger partial charge is 0.270 e. The molecule has 0 aliphatic carbocycles. The average Bonchev–Trinajstić information content (AvgIpc) is 2.29. The lowest BCUT2D eigenvalue weighted by Gasteiger charge is -2.25. The van der Waals surface area contributed by atoms with E-state index in [9.17, 15) is 20.0 Å². The lowest BCUT2D eigenvalue weighted by Crippen LogP contribution is -2.40. The van der Waals surface area contributed by atoms with Gasteiger partial charge in [0.2, 0.25) is 5.91 Å². The van der Waals surface area contributed by atoms with Gasteiger partial charge in [0, 0.05) is 25.7 Å². The van der Waals surface area contributed by atoms with E-state index in [1.54, 1.807) is 20.9 Å². The first-order chi connectivity index (χ1) is 9.10. The molecule has 0 atom stereocenters. The van der Waals surface area contributed by atoms with Crippen LogP contribution in [-0.2, 0) is 11.2 Å². The van der Waals surface area contributed by atoms with Crippen LogP contribution in [0, 0.1) is 10.1 Å². The van der Waals surface area contributed by atoms with Crippen LogP contribution in [0.2, 0.25) is 5.02 Å². The van der Waals surface area contributed by atoms with Gasteiger partial charge in [-0.2, -0.15) is 0 Å². The molecule has 1 N–H and O–H groups in total. The summed E-state index contributed by atoms with van der Waals surface area (Å²) in [5, 5.41) is 20.4. The van der Waals surface area contributed by atoms with Crippen LogP contribution in [0.25, 0.3) is 0 Å². The Bertz CT molecular complexity index is 526. The second-order valence-electron chi connectivity index (χ2n) is 5.27. The van der Waals surface area contributed by atoms with Gasteiger partial charge < -0.3 is 10.0 Å². The predicted molar refractivity (Wildman–Crippen MR) is 75.7 cm³/mol. The number of nitro groups is 1. The maximum absolute atomic E-state index is 12.0. The largest absolute Gasteiger partial charge is 0.389 e. The fraction of sp³-hybridized carbons (Fsp3) is 0.462. The van der Waals surface area contributed by atoms with E-state index in [1.165, 1.54) is 23.1 Å². The van der Waals surface area contributed by atoms with Gasteiger partial charge in [-0.1, -0.05) is 17.7 Å². The first-order valence-corrected chi connectivity index (χ1v) is 6.37. The zero-order valence-electron chi connectivity index (χ0n) is 11.6. The van der Waals surface area contributed by atoms with Gasteiger partial charge in [0.15, 0.2) is 0 Å². The number of carbonyl (C=O) groups excluding carboxylic acids is 1. The fourth-order valence-electron chi connectivity index (χ4n) is 1.76. The van der Waals surface area contributed by atoms with Crippen molar-refractivity contribution in [2.45, 2.75) is 25.9 Å². The topological polar surface area (TPSA) is 83.7 Å². The van der Waals surface area contributed by atoms with Crippen molar-refractivity contribution < 1.29 is 14.8 Å². The van der Waals surface area contributed by atoms with E-state index in [4.69, 9.17) is 11.6 Å². The predicted octanol–water partition coefficient (Wildman–Crippen LogP) is 2.02. The second kappa shape index (κ2) is 6.19. The van der Waals surface area contributed by atoms with Crippen molar-refractivity contribution in [1.29, 1.82) is 0 Å². The highest BCUT2D eigenvalue weighted by atomic mass is 35.5. The third-order valence-corrected chi connectivity index (χ3v) is 2.99. The van der Waals surface area contributed by atoms with Crippen molar-refractivity contribution in [3.8, 4) is 0 Å². The molecule has 7 heteroatoms. The van der Waals surface area contributed by atoms with Gasteiger partial charge in [-0.05, 0) is 19.4 Å². The van der Waals surface area contributed by atoms with Gasteiger partial charge in [0.05, 0.1) is 22.0 Å². The van der Waals surface area contributed by atoms with Crippen LogP contribution in [0.5, 0.6) is 0 Å². The summed E-state index contributed by atoms with van der Waals surface area (Å²) in [4.78, 5) is 23.4. The number of amides is 1. The normalized spacial score (nSPS) is 11.2. The Labute approximate surface area is 122 Å². The van der Waals surface area contributed by atoms with Gasteiger partial charge in [-0.15, -0.1) is 0 Å². The van der Waals surface area contributed by atoms with Crippen molar-refractivity contribution in [3.63, 3.8) is 0 Å². The Kier molecular flexibility index (Phi) is 5.08. The van der Waals surface area contributed by atoms with Crippen molar-refractivity contribution in [1.82, 2.24) is 4.90 Å². The van der Waals surface area contributed by atoms with Crippen LogP contribution in [-0.4, -0.2) is 40.0 Å². The van der Waals surface area contributed by atoms with E-state index >= 15 is 0 Å². The molecule has 20 heavy (non-hydrogen) atoms. The van der Waals surface area contributed by atoms with E-state index < -0.39 is 10.5 Å². The van der Waals surface area contributed by atoms with Crippen molar-refractivity contribution in [3.05, 3.63) is 38.9 Å². The highest BCUT2D eigenvalue weighted by Gasteiger charge is 2.20. The van der Waals surface area contributed by atoms with E-state index in [-0.39, 0.29) is 29.6 Å². The molecule has 1 amide bonds. The maximum atomic E-state index is 12.0. The molecule has 0 unspecified atom stereocenters. The SMILES string of the molecule is CN(CC(C)(C)O)C(=O)Cc1ccc([N+](=O)[O-])cc1Cl. The number of rotatable bonds is 5. The number of halogens is 1.